The van der Waals surface area contributed by atoms with E-state index < -0.39 is 0 Å². The van der Waals surface area contributed by atoms with Gasteiger partial charge >= 0.3 is 6.03 Å². The van der Waals surface area contributed by atoms with Gasteiger partial charge in [0.1, 0.15) is 0 Å². The zero-order valence-electron chi connectivity index (χ0n) is 13.6. The van der Waals surface area contributed by atoms with Gasteiger partial charge in [0, 0.05) is 29.3 Å². The molecule has 0 aromatic heterocycles. The number of rotatable bonds is 2. The van der Waals surface area contributed by atoms with Crippen LogP contribution in [0.15, 0.2) is 28.7 Å². The molecule has 1 N–H and O–H groups in total. The van der Waals surface area contributed by atoms with Crippen LogP contribution < -0.4 is 5.32 Å². The van der Waals surface area contributed by atoms with Crippen molar-refractivity contribution in [1.82, 2.24) is 9.80 Å². The number of benzene rings is 1. The Kier molecular flexibility index (Phi) is 5.95. The third-order valence-corrected chi connectivity index (χ3v) is 5.53. The Labute approximate surface area is 147 Å². The van der Waals surface area contributed by atoms with Gasteiger partial charge in [-0.05, 0) is 63.0 Å². The maximum absolute atomic E-state index is 12.4. The second-order valence-electron chi connectivity index (χ2n) is 6.61. The normalized spacial score (nSPS) is 21.0. The van der Waals surface area contributed by atoms with Crippen LogP contribution in [0, 0.1) is 0 Å². The molecule has 2 aliphatic heterocycles. The van der Waals surface area contributed by atoms with E-state index in [9.17, 15) is 4.79 Å². The third-order valence-electron chi connectivity index (χ3n) is 5.00. The number of urea groups is 1. The van der Waals surface area contributed by atoms with Gasteiger partial charge in [-0.2, -0.15) is 0 Å². The Morgan fingerprint density at radius 3 is 2.17 bits per heavy atom. The molecule has 23 heavy (non-hydrogen) atoms. The van der Waals surface area contributed by atoms with E-state index in [1.165, 1.54) is 38.8 Å². The molecular formula is C18H26BrN3O. The summed E-state index contributed by atoms with van der Waals surface area (Å²) in [5.41, 5.74) is 0.854. The van der Waals surface area contributed by atoms with Crippen LogP contribution >= 0.6 is 15.9 Å². The van der Waals surface area contributed by atoms with E-state index in [0.29, 0.717) is 6.04 Å². The highest BCUT2D eigenvalue weighted by atomic mass is 79.9. The number of anilines is 1. The number of nitrogens with one attached hydrogen (secondary N) is 1. The van der Waals surface area contributed by atoms with Crippen LogP contribution in [0.2, 0.25) is 0 Å². The summed E-state index contributed by atoms with van der Waals surface area (Å²) < 4.78 is 1.02. The van der Waals surface area contributed by atoms with Gasteiger partial charge in [-0.3, -0.25) is 0 Å². The van der Waals surface area contributed by atoms with Gasteiger partial charge in [0.15, 0.2) is 0 Å². The molecule has 5 heteroatoms. The van der Waals surface area contributed by atoms with Crippen molar-refractivity contribution in [2.75, 3.05) is 31.5 Å². The lowest BCUT2D eigenvalue weighted by Gasteiger charge is -2.38. The summed E-state index contributed by atoms with van der Waals surface area (Å²) >= 11 is 3.41. The van der Waals surface area contributed by atoms with Crippen molar-refractivity contribution in [2.24, 2.45) is 0 Å². The van der Waals surface area contributed by atoms with Gasteiger partial charge < -0.3 is 15.1 Å². The minimum Gasteiger partial charge on any atom is -0.324 e. The summed E-state index contributed by atoms with van der Waals surface area (Å²) in [7, 11) is 0. The molecule has 1 aromatic carbocycles. The molecule has 3 rings (SSSR count). The summed E-state index contributed by atoms with van der Waals surface area (Å²) in [6.45, 7) is 4.22. The fourth-order valence-electron chi connectivity index (χ4n) is 3.63. The zero-order valence-corrected chi connectivity index (χ0v) is 15.2. The van der Waals surface area contributed by atoms with Gasteiger partial charge in [-0.25, -0.2) is 4.79 Å². The van der Waals surface area contributed by atoms with Crippen LogP contribution in [0.4, 0.5) is 10.5 Å². The first-order valence-electron chi connectivity index (χ1n) is 8.78. The molecule has 2 amide bonds. The van der Waals surface area contributed by atoms with Crippen LogP contribution in [0.5, 0.6) is 0 Å². The maximum Gasteiger partial charge on any atom is 0.321 e. The maximum atomic E-state index is 12.4. The van der Waals surface area contributed by atoms with Crippen molar-refractivity contribution < 1.29 is 4.79 Å². The number of carbonyl (C=O) groups is 1. The van der Waals surface area contributed by atoms with E-state index in [-0.39, 0.29) is 6.03 Å². The van der Waals surface area contributed by atoms with Crippen molar-refractivity contribution in [3.05, 3.63) is 28.7 Å². The Hall–Kier alpha value is -1.07. The topological polar surface area (TPSA) is 35.6 Å². The van der Waals surface area contributed by atoms with E-state index in [0.717, 1.165) is 36.1 Å². The molecule has 2 saturated heterocycles. The summed E-state index contributed by atoms with van der Waals surface area (Å²) in [5.74, 6) is 0. The van der Waals surface area contributed by atoms with Crippen LogP contribution in [0.3, 0.4) is 0 Å². The number of hydrogen-bond donors (Lipinski definition) is 1. The minimum atomic E-state index is 0.0293. The highest BCUT2D eigenvalue weighted by Crippen LogP contribution is 2.21. The molecule has 0 spiro atoms. The summed E-state index contributed by atoms with van der Waals surface area (Å²) in [5, 5.41) is 3.00. The number of halogens is 1. The van der Waals surface area contributed by atoms with Crippen LogP contribution in [-0.2, 0) is 0 Å². The lowest BCUT2D eigenvalue weighted by molar-refractivity contribution is 0.124. The summed E-state index contributed by atoms with van der Waals surface area (Å²) in [6, 6.07) is 8.44. The van der Waals surface area contributed by atoms with Crippen molar-refractivity contribution in [1.29, 1.82) is 0 Å². The Bertz CT molecular complexity index is 504. The first-order chi connectivity index (χ1) is 11.2. The molecule has 126 valence electrons. The first-order valence-corrected chi connectivity index (χ1v) is 9.57. The third kappa shape index (κ3) is 4.70. The number of likely N-dealkylation sites (tertiary alicyclic amines) is 2. The lowest BCUT2D eigenvalue weighted by Crippen LogP contribution is -2.48. The molecule has 0 saturated carbocycles. The van der Waals surface area contributed by atoms with Crippen molar-refractivity contribution in [3.63, 3.8) is 0 Å². The average Bonchev–Trinajstić information content (AvgIpc) is 2.86. The fraction of sp³-hybridized carbons (Fsp3) is 0.611. The van der Waals surface area contributed by atoms with E-state index in [4.69, 9.17) is 0 Å². The number of piperidine rings is 1. The number of carbonyl (C=O) groups excluding carboxylic acids is 1. The summed E-state index contributed by atoms with van der Waals surface area (Å²) in [6.07, 6.45) is 7.64. The average molecular weight is 380 g/mol. The van der Waals surface area contributed by atoms with E-state index >= 15 is 0 Å². The molecule has 1 aromatic rings. The van der Waals surface area contributed by atoms with Crippen LogP contribution in [0.25, 0.3) is 0 Å². The molecule has 2 fully saturated rings. The zero-order chi connectivity index (χ0) is 16.1. The molecular weight excluding hydrogens is 354 g/mol. The van der Waals surface area contributed by atoms with Crippen molar-refractivity contribution >= 4 is 27.6 Å². The Balaban J connectivity index is 1.48. The number of amides is 2. The fourth-order valence-corrected chi connectivity index (χ4v) is 3.89. The Morgan fingerprint density at radius 1 is 0.957 bits per heavy atom. The van der Waals surface area contributed by atoms with E-state index in [2.05, 4.69) is 26.1 Å². The number of nitrogens with zero attached hydrogens (tertiary/aromatic N) is 2. The van der Waals surface area contributed by atoms with Gasteiger partial charge in [-0.1, -0.05) is 28.8 Å². The first kappa shape index (κ1) is 16.8. The van der Waals surface area contributed by atoms with Gasteiger partial charge in [0.25, 0.3) is 0 Å². The second kappa shape index (κ2) is 8.15. The van der Waals surface area contributed by atoms with Crippen molar-refractivity contribution in [2.45, 2.75) is 44.6 Å². The molecule has 0 aliphatic carbocycles. The molecule has 2 heterocycles. The van der Waals surface area contributed by atoms with Gasteiger partial charge in [0.2, 0.25) is 0 Å². The summed E-state index contributed by atoms with van der Waals surface area (Å²) in [4.78, 5) is 17.0. The smallest absolute Gasteiger partial charge is 0.321 e. The van der Waals surface area contributed by atoms with Gasteiger partial charge in [0.05, 0.1) is 0 Å². The Morgan fingerprint density at radius 2 is 1.57 bits per heavy atom. The molecule has 2 aliphatic rings. The minimum absolute atomic E-state index is 0.0293. The van der Waals surface area contributed by atoms with E-state index in [1.807, 2.05) is 29.2 Å². The monoisotopic (exact) mass is 379 g/mol. The molecule has 4 nitrogen and oxygen atoms in total. The molecule has 0 atom stereocenters. The van der Waals surface area contributed by atoms with Crippen LogP contribution in [-0.4, -0.2) is 48.1 Å². The van der Waals surface area contributed by atoms with E-state index in [1.54, 1.807) is 0 Å². The molecule has 0 unspecified atom stereocenters. The van der Waals surface area contributed by atoms with Crippen molar-refractivity contribution in [3.8, 4) is 0 Å². The highest BCUT2D eigenvalue weighted by molar-refractivity contribution is 9.10. The predicted molar refractivity (Wildman–Crippen MR) is 97.8 cm³/mol. The largest absolute Gasteiger partial charge is 0.324 e. The molecule has 0 bridgehead atoms. The predicted octanol–water partition coefficient (Wildman–Crippen LogP) is 4.32. The lowest BCUT2D eigenvalue weighted by atomic mass is 10.0. The highest BCUT2D eigenvalue weighted by Gasteiger charge is 2.27. The van der Waals surface area contributed by atoms with Crippen LogP contribution in [0.1, 0.15) is 38.5 Å². The number of hydrogen-bond acceptors (Lipinski definition) is 2. The SMILES string of the molecule is O=C(Nc1ccc(Br)cc1)N1CCC(N2CCCCCC2)CC1. The molecule has 0 radical (unpaired) electrons. The second-order valence-corrected chi connectivity index (χ2v) is 7.52. The quantitative estimate of drug-likeness (QED) is 0.830. The van der Waals surface area contributed by atoms with Gasteiger partial charge in [-0.15, -0.1) is 0 Å². The standard InChI is InChI=1S/C18H26BrN3O/c19-15-5-7-16(8-6-15)20-18(23)22-13-9-17(10-14-22)21-11-3-1-2-4-12-21/h5-8,17H,1-4,9-14H2,(H,20,23).